The van der Waals surface area contributed by atoms with Gasteiger partial charge in [-0.05, 0) is 105 Å². The van der Waals surface area contributed by atoms with Crippen molar-refractivity contribution in [3.63, 3.8) is 0 Å². The summed E-state index contributed by atoms with van der Waals surface area (Å²) in [6.07, 6.45) is 7.30. The van der Waals surface area contributed by atoms with E-state index in [0.717, 1.165) is 17.8 Å². The highest BCUT2D eigenvalue weighted by Gasteiger charge is 2.62. The molecule has 2 heteroatoms. The molecule has 0 nitrogen and oxygen atoms in total. The van der Waals surface area contributed by atoms with Crippen LogP contribution in [0.25, 0.3) is 0 Å². The lowest BCUT2D eigenvalue weighted by Crippen LogP contribution is -2.28. The Kier molecular flexibility index (Phi) is 3.18. The molecule has 0 saturated heterocycles. The number of rotatable bonds is 0. The Labute approximate surface area is 133 Å². The van der Waals surface area contributed by atoms with Crippen molar-refractivity contribution in [2.24, 2.45) is 28.6 Å². The van der Waals surface area contributed by atoms with E-state index in [0.29, 0.717) is 10.8 Å². The molecule has 0 radical (unpaired) electrons. The van der Waals surface area contributed by atoms with E-state index in [1.165, 1.54) is 32.1 Å². The van der Waals surface area contributed by atoms with E-state index in [1.807, 2.05) is 5.57 Å². The van der Waals surface area contributed by atoms with Crippen LogP contribution in [0.2, 0.25) is 0 Å². The predicted molar refractivity (Wildman–Crippen MR) is 90.5 cm³/mol. The minimum absolute atomic E-state index is 0.555. The monoisotopic (exact) mass is 456 g/mol. The van der Waals surface area contributed by atoms with Gasteiger partial charge in [-0.3, -0.25) is 0 Å². The van der Waals surface area contributed by atoms with Crippen molar-refractivity contribution in [3.05, 3.63) is 7.16 Å². The first-order valence-electron chi connectivity index (χ1n) is 6.93. The first-order chi connectivity index (χ1) is 7.88. The van der Waals surface area contributed by atoms with E-state index in [4.69, 9.17) is 0 Å². The zero-order valence-electron chi connectivity index (χ0n) is 11.0. The van der Waals surface area contributed by atoms with E-state index in [9.17, 15) is 0 Å². The fraction of sp³-hybridized carbons (Fsp3) is 0.867. The van der Waals surface area contributed by atoms with Gasteiger partial charge in [-0.25, -0.2) is 0 Å². The number of allylic oxidation sites excluding steroid dienone is 1. The van der Waals surface area contributed by atoms with Crippen molar-refractivity contribution in [1.29, 1.82) is 0 Å². The summed E-state index contributed by atoms with van der Waals surface area (Å²) in [5.41, 5.74) is 2.99. The third-order valence-corrected chi connectivity index (χ3v) is 7.25. The van der Waals surface area contributed by atoms with Crippen LogP contribution in [0.5, 0.6) is 0 Å². The second-order valence-corrected chi connectivity index (χ2v) is 11.5. The van der Waals surface area contributed by atoms with Crippen LogP contribution in [0, 0.1) is 28.6 Å². The molecule has 0 spiro atoms. The van der Waals surface area contributed by atoms with E-state index in [1.54, 1.807) is 1.59 Å². The van der Waals surface area contributed by atoms with Crippen molar-refractivity contribution in [2.45, 2.75) is 52.9 Å². The fourth-order valence-corrected chi connectivity index (χ4v) is 7.54. The maximum Gasteiger partial charge on any atom is 0.0514 e. The molecule has 0 aromatic carbocycles. The standard InChI is InChI=1S/C15H22I2/c1-14(2)7-4-8-15(3)10-6-5-9(11(10)14)12(15)13(16)17/h9-11H,4-8H2,1-3H3/t9-,10+,11-,15-/m1/s1. The molecule has 3 aliphatic carbocycles. The van der Waals surface area contributed by atoms with E-state index < -0.39 is 0 Å². The molecule has 0 aromatic heterocycles. The van der Waals surface area contributed by atoms with Gasteiger partial charge in [0.2, 0.25) is 0 Å². The molecule has 0 amide bonds. The summed E-state index contributed by atoms with van der Waals surface area (Å²) in [4.78, 5) is 0. The van der Waals surface area contributed by atoms with Crippen LogP contribution < -0.4 is 0 Å². The molecule has 0 unspecified atom stereocenters. The molecular formula is C15H22I2. The van der Waals surface area contributed by atoms with Crippen LogP contribution in [-0.4, -0.2) is 0 Å². The lowest BCUT2D eigenvalue weighted by molar-refractivity contribution is 0.141. The SMILES string of the molecule is CC1(C)CCC[C@@]2(C)C(=C(I)I)[C@@H]3CC[C@H]2[C@@H]31. The van der Waals surface area contributed by atoms with Crippen LogP contribution in [0.4, 0.5) is 0 Å². The van der Waals surface area contributed by atoms with Gasteiger partial charge in [0.25, 0.3) is 0 Å². The Bertz CT molecular complexity index is 378. The Balaban J connectivity index is 2.15. The minimum atomic E-state index is 0.555. The molecule has 3 aliphatic rings. The molecule has 3 fully saturated rings. The highest BCUT2D eigenvalue weighted by Crippen LogP contribution is 2.71. The highest BCUT2D eigenvalue weighted by atomic mass is 127. The molecule has 96 valence electrons. The van der Waals surface area contributed by atoms with Gasteiger partial charge in [0.05, 0.1) is 1.59 Å². The average molecular weight is 456 g/mol. The van der Waals surface area contributed by atoms with Crippen molar-refractivity contribution in [2.75, 3.05) is 0 Å². The summed E-state index contributed by atoms with van der Waals surface area (Å²) >= 11 is 5.16. The minimum Gasteiger partial charge on any atom is -0.0596 e. The zero-order valence-corrected chi connectivity index (χ0v) is 15.3. The fourth-order valence-electron chi connectivity index (χ4n) is 5.50. The molecule has 0 heterocycles. The van der Waals surface area contributed by atoms with Gasteiger partial charge in [0.15, 0.2) is 0 Å². The molecule has 0 N–H and O–H groups in total. The Hall–Kier alpha value is 1.20. The third-order valence-electron chi connectivity index (χ3n) is 6.08. The second-order valence-electron chi connectivity index (χ2n) is 7.25. The van der Waals surface area contributed by atoms with Crippen molar-refractivity contribution in [3.8, 4) is 0 Å². The zero-order chi connectivity index (χ0) is 12.4. The van der Waals surface area contributed by atoms with Crippen LogP contribution in [0.15, 0.2) is 7.16 Å². The molecule has 0 aromatic rings. The quantitative estimate of drug-likeness (QED) is 0.396. The summed E-state index contributed by atoms with van der Waals surface area (Å²) in [7, 11) is 0. The van der Waals surface area contributed by atoms with Crippen molar-refractivity contribution < 1.29 is 0 Å². The van der Waals surface area contributed by atoms with E-state index in [2.05, 4.69) is 66.0 Å². The van der Waals surface area contributed by atoms with Gasteiger partial charge in [-0.15, -0.1) is 0 Å². The largest absolute Gasteiger partial charge is 0.0596 e. The first kappa shape index (κ1) is 13.2. The van der Waals surface area contributed by atoms with Crippen LogP contribution in [-0.2, 0) is 0 Å². The Morgan fingerprint density at radius 3 is 2.47 bits per heavy atom. The lowest BCUT2D eigenvalue weighted by atomic mass is 9.69. The predicted octanol–water partition coefficient (Wildman–Crippen LogP) is 5.94. The Morgan fingerprint density at radius 2 is 1.82 bits per heavy atom. The summed E-state index contributed by atoms with van der Waals surface area (Å²) in [6.45, 7) is 7.66. The summed E-state index contributed by atoms with van der Waals surface area (Å²) in [6, 6.07) is 0. The van der Waals surface area contributed by atoms with Gasteiger partial charge in [-0.2, -0.15) is 0 Å². The molecule has 17 heavy (non-hydrogen) atoms. The van der Waals surface area contributed by atoms with E-state index >= 15 is 0 Å². The maximum atomic E-state index is 2.58. The molecule has 3 saturated carbocycles. The van der Waals surface area contributed by atoms with Gasteiger partial charge in [0.1, 0.15) is 0 Å². The molecule has 3 rings (SSSR count). The molecule has 0 aliphatic heterocycles. The van der Waals surface area contributed by atoms with Crippen LogP contribution >= 0.6 is 45.2 Å². The average Bonchev–Trinajstić information content (AvgIpc) is 2.67. The first-order valence-corrected chi connectivity index (χ1v) is 9.09. The smallest absolute Gasteiger partial charge is 0.0514 e. The molecule has 4 atom stereocenters. The number of hydrogen-bond donors (Lipinski definition) is 0. The van der Waals surface area contributed by atoms with Crippen molar-refractivity contribution in [1.82, 2.24) is 0 Å². The lowest BCUT2D eigenvalue weighted by Gasteiger charge is -2.37. The van der Waals surface area contributed by atoms with Crippen molar-refractivity contribution >= 4 is 45.2 Å². The van der Waals surface area contributed by atoms with Gasteiger partial charge in [-0.1, -0.05) is 27.2 Å². The van der Waals surface area contributed by atoms with Crippen LogP contribution in [0.1, 0.15) is 52.9 Å². The summed E-state index contributed by atoms with van der Waals surface area (Å²) in [5, 5.41) is 0. The topological polar surface area (TPSA) is 0 Å². The van der Waals surface area contributed by atoms with E-state index in [-0.39, 0.29) is 0 Å². The normalized spacial score (nSPS) is 47.1. The summed E-state index contributed by atoms with van der Waals surface area (Å²) < 4.78 is 1.58. The number of hydrogen-bond acceptors (Lipinski definition) is 0. The highest BCUT2D eigenvalue weighted by molar-refractivity contribution is 14.2. The molecular weight excluding hydrogens is 434 g/mol. The Morgan fingerprint density at radius 1 is 1.12 bits per heavy atom. The maximum absolute atomic E-state index is 2.58. The van der Waals surface area contributed by atoms with Gasteiger partial charge in [0, 0.05) is 0 Å². The molecule has 4 bridgehead atoms. The second kappa shape index (κ2) is 4.10. The number of halogens is 2. The summed E-state index contributed by atoms with van der Waals surface area (Å²) in [5.74, 6) is 2.88. The third kappa shape index (κ3) is 1.71. The van der Waals surface area contributed by atoms with Gasteiger partial charge >= 0.3 is 0 Å². The van der Waals surface area contributed by atoms with Gasteiger partial charge < -0.3 is 0 Å². The van der Waals surface area contributed by atoms with Crippen LogP contribution in [0.3, 0.4) is 0 Å².